The first-order valence-electron chi connectivity index (χ1n) is 8.48. The molecule has 0 aromatic heterocycles. The second kappa shape index (κ2) is 6.71. The number of nitrogens with zero attached hydrogens (tertiary/aromatic N) is 1. The van der Waals surface area contributed by atoms with Crippen molar-refractivity contribution in [2.75, 3.05) is 20.3 Å². The number of amides is 3. The molecule has 2 unspecified atom stereocenters. The topological polar surface area (TPSA) is 67.9 Å². The van der Waals surface area contributed by atoms with Gasteiger partial charge in [-0.25, -0.2) is 4.79 Å². The molecule has 1 aromatic carbocycles. The lowest BCUT2D eigenvalue weighted by Crippen LogP contribution is -2.54. The van der Waals surface area contributed by atoms with Crippen molar-refractivity contribution < 1.29 is 19.1 Å². The van der Waals surface area contributed by atoms with E-state index in [-0.39, 0.29) is 31.0 Å². The summed E-state index contributed by atoms with van der Waals surface area (Å²) in [6, 6.07) is 6.92. The number of carbonyl (C=O) groups is 2. The number of hydrogen-bond acceptors (Lipinski definition) is 4. The van der Waals surface area contributed by atoms with Crippen LogP contribution in [-0.2, 0) is 4.79 Å². The first-order chi connectivity index (χ1) is 11.6. The fraction of sp³-hybridized carbons (Fsp3) is 0.556. The van der Waals surface area contributed by atoms with E-state index in [9.17, 15) is 9.59 Å². The van der Waals surface area contributed by atoms with Crippen LogP contribution in [0.25, 0.3) is 0 Å². The molecule has 24 heavy (non-hydrogen) atoms. The van der Waals surface area contributed by atoms with E-state index >= 15 is 0 Å². The average molecular weight is 332 g/mol. The highest BCUT2D eigenvalue weighted by Gasteiger charge is 2.54. The number of rotatable bonds is 5. The lowest BCUT2D eigenvalue weighted by molar-refractivity contribution is -0.134. The smallest absolute Gasteiger partial charge is 0.325 e. The molecule has 3 rings (SSSR count). The minimum absolute atomic E-state index is 0.0990. The maximum atomic E-state index is 12.8. The summed E-state index contributed by atoms with van der Waals surface area (Å²) < 4.78 is 10.7. The number of benzene rings is 1. The van der Waals surface area contributed by atoms with Gasteiger partial charge in [-0.2, -0.15) is 0 Å². The van der Waals surface area contributed by atoms with Gasteiger partial charge in [0.05, 0.1) is 13.7 Å². The third-order valence-electron chi connectivity index (χ3n) is 5.14. The van der Waals surface area contributed by atoms with E-state index in [1.54, 1.807) is 19.2 Å². The van der Waals surface area contributed by atoms with Gasteiger partial charge in [0.2, 0.25) is 0 Å². The normalized spacial score (nSPS) is 26.6. The molecule has 2 atom stereocenters. The summed E-state index contributed by atoms with van der Waals surface area (Å²) in [5.41, 5.74) is -0.699. The fourth-order valence-electron chi connectivity index (χ4n) is 3.63. The zero-order chi connectivity index (χ0) is 17.2. The minimum Gasteiger partial charge on any atom is -0.497 e. The molecule has 1 saturated heterocycles. The molecule has 1 aliphatic carbocycles. The van der Waals surface area contributed by atoms with Gasteiger partial charge in [-0.15, -0.1) is 0 Å². The quantitative estimate of drug-likeness (QED) is 0.842. The fourth-order valence-corrected chi connectivity index (χ4v) is 3.63. The Kier molecular flexibility index (Phi) is 4.64. The Morgan fingerprint density at radius 3 is 2.58 bits per heavy atom. The Morgan fingerprint density at radius 2 is 1.92 bits per heavy atom. The van der Waals surface area contributed by atoms with Crippen molar-refractivity contribution >= 4 is 11.9 Å². The summed E-state index contributed by atoms with van der Waals surface area (Å²) >= 11 is 0. The van der Waals surface area contributed by atoms with Crippen LogP contribution in [0.4, 0.5) is 4.79 Å². The summed E-state index contributed by atoms with van der Waals surface area (Å²) in [5.74, 6) is 1.52. The first-order valence-corrected chi connectivity index (χ1v) is 8.48. The van der Waals surface area contributed by atoms with E-state index in [1.807, 2.05) is 12.1 Å². The molecule has 0 radical (unpaired) electrons. The molecular weight excluding hydrogens is 308 g/mol. The van der Waals surface area contributed by atoms with Crippen LogP contribution in [0.5, 0.6) is 11.5 Å². The minimum atomic E-state index is -0.699. The van der Waals surface area contributed by atoms with Gasteiger partial charge in [0.1, 0.15) is 23.6 Å². The number of urea groups is 1. The van der Waals surface area contributed by atoms with Crippen LogP contribution in [0, 0.1) is 5.92 Å². The average Bonchev–Trinajstić information content (AvgIpc) is 2.83. The molecule has 1 saturated carbocycles. The van der Waals surface area contributed by atoms with Gasteiger partial charge in [0.25, 0.3) is 5.91 Å². The SMILES string of the molecule is COc1ccc(OCCN2C(=O)NC3(CCCCC3C)C2=O)cc1. The van der Waals surface area contributed by atoms with Crippen LogP contribution in [0.2, 0.25) is 0 Å². The summed E-state index contributed by atoms with van der Waals surface area (Å²) in [4.78, 5) is 26.3. The summed E-state index contributed by atoms with van der Waals surface area (Å²) in [5, 5.41) is 2.95. The van der Waals surface area contributed by atoms with Gasteiger partial charge >= 0.3 is 6.03 Å². The highest BCUT2D eigenvalue weighted by Crippen LogP contribution is 2.38. The van der Waals surface area contributed by atoms with Crippen LogP contribution >= 0.6 is 0 Å². The number of carbonyl (C=O) groups excluding carboxylic acids is 2. The first kappa shape index (κ1) is 16.6. The lowest BCUT2D eigenvalue weighted by Gasteiger charge is -2.36. The highest BCUT2D eigenvalue weighted by atomic mass is 16.5. The third kappa shape index (κ3) is 2.92. The monoisotopic (exact) mass is 332 g/mol. The molecule has 1 heterocycles. The predicted molar refractivity (Wildman–Crippen MR) is 89.1 cm³/mol. The molecule has 2 aliphatic rings. The van der Waals surface area contributed by atoms with Crippen molar-refractivity contribution in [1.82, 2.24) is 10.2 Å². The Labute approximate surface area is 142 Å². The second-order valence-electron chi connectivity index (χ2n) is 6.53. The van der Waals surface area contributed by atoms with Crippen LogP contribution < -0.4 is 14.8 Å². The standard InChI is InChI=1S/C18H24N2O4/c1-13-5-3-4-10-18(13)16(21)20(17(22)19-18)11-12-24-15-8-6-14(23-2)7-9-15/h6-9,13H,3-5,10-12H2,1-2H3,(H,19,22). The summed E-state index contributed by atoms with van der Waals surface area (Å²) in [6.45, 7) is 2.58. The van der Waals surface area contributed by atoms with E-state index in [2.05, 4.69) is 12.2 Å². The van der Waals surface area contributed by atoms with Gasteiger partial charge in [0, 0.05) is 0 Å². The number of imide groups is 1. The maximum absolute atomic E-state index is 12.8. The molecule has 0 bridgehead atoms. The molecule has 3 amide bonds. The Bertz CT molecular complexity index is 616. The van der Waals surface area contributed by atoms with E-state index < -0.39 is 5.54 Å². The van der Waals surface area contributed by atoms with Gasteiger partial charge < -0.3 is 14.8 Å². The van der Waals surface area contributed by atoms with Gasteiger partial charge in [-0.05, 0) is 43.0 Å². The zero-order valence-corrected chi connectivity index (χ0v) is 14.2. The highest BCUT2D eigenvalue weighted by molar-refractivity contribution is 6.07. The molecule has 6 heteroatoms. The van der Waals surface area contributed by atoms with Crippen LogP contribution in [-0.4, -0.2) is 42.6 Å². The van der Waals surface area contributed by atoms with Crippen molar-refractivity contribution in [3.63, 3.8) is 0 Å². The van der Waals surface area contributed by atoms with Gasteiger partial charge in [-0.1, -0.05) is 19.8 Å². The van der Waals surface area contributed by atoms with E-state index in [4.69, 9.17) is 9.47 Å². The van der Waals surface area contributed by atoms with Crippen LogP contribution in [0.15, 0.2) is 24.3 Å². The van der Waals surface area contributed by atoms with Crippen molar-refractivity contribution in [2.45, 2.75) is 38.1 Å². The lowest BCUT2D eigenvalue weighted by atomic mass is 9.73. The molecule has 6 nitrogen and oxygen atoms in total. The number of ether oxygens (including phenoxy) is 2. The molecule has 1 spiro atoms. The Balaban J connectivity index is 1.58. The molecule has 130 valence electrons. The van der Waals surface area contributed by atoms with E-state index in [0.29, 0.717) is 5.75 Å². The van der Waals surface area contributed by atoms with Crippen molar-refractivity contribution in [3.8, 4) is 11.5 Å². The molecule has 1 aliphatic heterocycles. The van der Waals surface area contributed by atoms with Crippen molar-refractivity contribution in [2.24, 2.45) is 5.92 Å². The van der Waals surface area contributed by atoms with E-state index in [1.165, 1.54) is 4.90 Å². The Hall–Kier alpha value is -2.24. The molecule has 1 N–H and O–H groups in total. The molecule has 2 fully saturated rings. The van der Waals surface area contributed by atoms with Crippen LogP contribution in [0.1, 0.15) is 32.6 Å². The maximum Gasteiger partial charge on any atom is 0.325 e. The van der Waals surface area contributed by atoms with E-state index in [0.717, 1.165) is 31.4 Å². The van der Waals surface area contributed by atoms with Gasteiger partial charge in [-0.3, -0.25) is 9.69 Å². The largest absolute Gasteiger partial charge is 0.497 e. The summed E-state index contributed by atoms with van der Waals surface area (Å²) in [7, 11) is 1.61. The van der Waals surface area contributed by atoms with Crippen LogP contribution in [0.3, 0.4) is 0 Å². The Morgan fingerprint density at radius 1 is 1.21 bits per heavy atom. The molecular formula is C18H24N2O4. The van der Waals surface area contributed by atoms with Crippen molar-refractivity contribution in [3.05, 3.63) is 24.3 Å². The molecule has 1 aromatic rings. The number of hydrogen-bond donors (Lipinski definition) is 1. The second-order valence-corrected chi connectivity index (χ2v) is 6.53. The third-order valence-corrected chi connectivity index (χ3v) is 5.14. The zero-order valence-electron chi connectivity index (χ0n) is 14.2. The summed E-state index contributed by atoms with van der Waals surface area (Å²) in [6.07, 6.45) is 3.80. The van der Waals surface area contributed by atoms with Crippen molar-refractivity contribution in [1.29, 1.82) is 0 Å². The number of methoxy groups -OCH3 is 1. The predicted octanol–water partition coefficient (Wildman–Crippen LogP) is 2.57. The van der Waals surface area contributed by atoms with Gasteiger partial charge in [0.15, 0.2) is 0 Å². The number of nitrogens with one attached hydrogen (secondary N) is 1.